The van der Waals surface area contributed by atoms with Gasteiger partial charge in [-0.1, -0.05) is 0 Å². The first-order valence-corrected chi connectivity index (χ1v) is 8.66. The van der Waals surface area contributed by atoms with Crippen LogP contribution in [0.1, 0.15) is 0 Å². The van der Waals surface area contributed by atoms with Crippen molar-refractivity contribution < 1.29 is 11.9 Å². The van der Waals surface area contributed by atoms with E-state index in [0.717, 1.165) is 5.52 Å². The summed E-state index contributed by atoms with van der Waals surface area (Å²) in [6.07, 6.45) is 3.54. The zero-order chi connectivity index (χ0) is 11.1. The molecule has 1 aromatic carbocycles. The molecule has 5 nitrogen and oxygen atoms in total. The Morgan fingerprint density at radius 1 is 1.47 bits per heavy atom. The third-order valence-corrected chi connectivity index (χ3v) is 4.71. The first-order chi connectivity index (χ1) is 7.02. The molecule has 0 amide bonds. The van der Waals surface area contributed by atoms with E-state index in [9.17, 15) is 3.74 Å². The molecule has 0 saturated heterocycles. The van der Waals surface area contributed by atoms with Gasteiger partial charge >= 0.3 is 93.2 Å². The van der Waals surface area contributed by atoms with Crippen LogP contribution in [0.2, 0.25) is 0 Å². The summed E-state index contributed by atoms with van der Waals surface area (Å²) in [4.78, 5) is 4.07. The van der Waals surface area contributed by atoms with Crippen LogP contribution < -0.4 is 4.35 Å². The quantitative estimate of drug-likeness (QED) is 0.744. The second-order valence-electron chi connectivity index (χ2n) is 2.97. The molecule has 0 aliphatic rings. The molecule has 0 aliphatic carbocycles. The van der Waals surface area contributed by atoms with Gasteiger partial charge in [0.15, 0.2) is 0 Å². The van der Waals surface area contributed by atoms with Gasteiger partial charge in [0.05, 0.1) is 0 Å². The van der Waals surface area contributed by atoms with Gasteiger partial charge in [0, 0.05) is 0 Å². The number of rotatable bonds is 2. The van der Waals surface area contributed by atoms with Gasteiger partial charge < -0.3 is 0 Å². The minimum absolute atomic E-state index is 0.0620. The summed E-state index contributed by atoms with van der Waals surface area (Å²) < 4.78 is 31.1. The number of nitrogens with zero attached hydrogens (tertiary/aromatic N) is 2. The molecular weight excluding hydrogens is 279 g/mol. The Kier molecular flexibility index (Phi) is 2.68. The van der Waals surface area contributed by atoms with Crippen molar-refractivity contribution in [3.8, 4) is 0 Å². The van der Waals surface area contributed by atoms with Crippen LogP contribution in [-0.2, 0) is 3.74 Å². The van der Waals surface area contributed by atoms with Gasteiger partial charge in [-0.05, 0) is 0 Å². The molecule has 0 unspecified atom stereocenters. The van der Waals surface area contributed by atoms with Crippen molar-refractivity contribution in [2.75, 3.05) is 6.26 Å². The van der Waals surface area contributed by atoms with E-state index >= 15 is 0 Å². The van der Waals surface area contributed by atoms with Gasteiger partial charge in [-0.3, -0.25) is 0 Å². The molecule has 0 saturated carbocycles. The zero-order valence-electron chi connectivity index (χ0n) is 7.86. The first kappa shape index (κ1) is 10.8. The van der Waals surface area contributed by atoms with Crippen LogP contribution in [0.4, 0.5) is 0 Å². The molecule has 0 spiro atoms. The number of hydrogen-bond acceptors (Lipinski definition) is 3. The average molecular weight is 288 g/mol. The van der Waals surface area contributed by atoms with Crippen molar-refractivity contribution in [3.05, 3.63) is 24.5 Å². The Bertz CT molecular complexity index is 548. The number of benzene rings is 1. The van der Waals surface area contributed by atoms with Crippen molar-refractivity contribution in [2.45, 2.75) is 0 Å². The third-order valence-electron chi connectivity index (χ3n) is 2.03. The SMILES string of the molecule is CSn1cnc2cc([As](=O)(O)O)ccc21. The van der Waals surface area contributed by atoms with Crippen molar-refractivity contribution in [3.63, 3.8) is 0 Å². The van der Waals surface area contributed by atoms with Gasteiger partial charge in [-0.15, -0.1) is 0 Å². The van der Waals surface area contributed by atoms with Gasteiger partial charge in [-0.25, -0.2) is 0 Å². The minimum atomic E-state index is -4.79. The summed E-state index contributed by atoms with van der Waals surface area (Å²) in [6, 6.07) is 4.58. The maximum atomic E-state index is 11.1. The first-order valence-electron chi connectivity index (χ1n) is 4.10. The predicted molar refractivity (Wildman–Crippen MR) is 59.2 cm³/mol. The van der Waals surface area contributed by atoms with E-state index in [2.05, 4.69) is 4.98 Å². The normalized spacial score (nSPS) is 12.2. The Balaban J connectivity index is 2.63. The van der Waals surface area contributed by atoms with E-state index in [1.54, 1.807) is 12.4 Å². The summed E-state index contributed by atoms with van der Waals surface area (Å²) >= 11 is -3.31. The number of imidazole rings is 1. The number of aromatic nitrogens is 2. The standard InChI is InChI=1S/C8H9AsN2O3S/c1-15-11-5-10-7-4-6(9(12,13)14)2-3-8(7)11/h2-5H,1H3,(H2,12,13,14). The summed E-state index contributed by atoms with van der Waals surface area (Å²) in [5.41, 5.74) is 1.46. The average Bonchev–Trinajstić information content (AvgIpc) is 2.58. The van der Waals surface area contributed by atoms with Crippen LogP contribution in [0, 0.1) is 0 Å². The topological polar surface area (TPSA) is 75.4 Å². The Morgan fingerprint density at radius 3 is 2.80 bits per heavy atom. The molecule has 0 fully saturated rings. The summed E-state index contributed by atoms with van der Waals surface area (Å²) in [7, 11) is 0. The molecule has 1 aromatic heterocycles. The van der Waals surface area contributed by atoms with Gasteiger partial charge in [0.2, 0.25) is 0 Å². The molecule has 2 aromatic rings. The fourth-order valence-electron chi connectivity index (χ4n) is 1.31. The fraction of sp³-hybridized carbons (Fsp3) is 0.125. The summed E-state index contributed by atoms with van der Waals surface area (Å²) in [5, 5.41) is 0. The molecule has 2 rings (SSSR count). The number of hydrogen-bond donors (Lipinski definition) is 2. The van der Waals surface area contributed by atoms with Crippen LogP contribution in [0.15, 0.2) is 24.5 Å². The van der Waals surface area contributed by atoms with Gasteiger partial charge in [-0.2, -0.15) is 0 Å². The molecule has 2 N–H and O–H groups in total. The van der Waals surface area contributed by atoms with Crippen molar-refractivity contribution >= 4 is 41.5 Å². The van der Waals surface area contributed by atoms with Crippen LogP contribution in [0.3, 0.4) is 0 Å². The third kappa shape index (κ3) is 1.98. The molecule has 1 heterocycles. The van der Waals surface area contributed by atoms with E-state index in [0.29, 0.717) is 5.52 Å². The molecule has 0 atom stereocenters. The van der Waals surface area contributed by atoms with E-state index in [-0.39, 0.29) is 4.35 Å². The molecule has 0 radical (unpaired) electrons. The van der Waals surface area contributed by atoms with Gasteiger partial charge in [0.1, 0.15) is 0 Å². The summed E-state index contributed by atoms with van der Waals surface area (Å²) in [6.45, 7) is 0. The van der Waals surface area contributed by atoms with E-state index in [4.69, 9.17) is 8.19 Å². The van der Waals surface area contributed by atoms with Crippen molar-refractivity contribution in [2.24, 2.45) is 0 Å². The van der Waals surface area contributed by atoms with Crippen LogP contribution in [0.5, 0.6) is 0 Å². The van der Waals surface area contributed by atoms with Gasteiger partial charge in [0.25, 0.3) is 0 Å². The molecular formula is C8H9AsN2O3S. The summed E-state index contributed by atoms with van der Waals surface area (Å²) in [5.74, 6) is 0. The van der Waals surface area contributed by atoms with Crippen molar-refractivity contribution in [1.29, 1.82) is 0 Å². The van der Waals surface area contributed by atoms with Crippen LogP contribution >= 0.6 is 11.9 Å². The fourth-order valence-corrected chi connectivity index (χ4v) is 2.97. The van der Waals surface area contributed by atoms with E-state index in [1.807, 2.05) is 10.2 Å². The Morgan fingerprint density at radius 2 is 2.20 bits per heavy atom. The monoisotopic (exact) mass is 288 g/mol. The predicted octanol–water partition coefficient (Wildman–Crippen LogP) is -0.277. The maximum absolute atomic E-state index is 11.1. The van der Waals surface area contributed by atoms with Crippen LogP contribution in [-0.4, -0.2) is 37.6 Å². The van der Waals surface area contributed by atoms with E-state index < -0.39 is 14.2 Å². The second kappa shape index (κ2) is 3.72. The van der Waals surface area contributed by atoms with Crippen molar-refractivity contribution in [1.82, 2.24) is 8.96 Å². The van der Waals surface area contributed by atoms with E-state index in [1.165, 1.54) is 24.1 Å². The van der Waals surface area contributed by atoms with Crippen LogP contribution in [0.25, 0.3) is 11.0 Å². The Labute approximate surface area is 93.3 Å². The Hall–Kier alpha value is -0.682. The molecule has 0 bridgehead atoms. The molecule has 0 aliphatic heterocycles. The molecule has 15 heavy (non-hydrogen) atoms. The zero-order valence-corrected chi connectivity index (χ0v) is 10.6. The second-order valence-corrected chi connectivity index (χ2v) is 7.09. The molecule has 80 valence electrons. The number of fused-ring (bicyclic) bond motifs is 1. The molecule has 7 heteroatoms.